The van der Waals surface area contributed by atoms with Crippen molar-refractivity contribution in [2.75, 3.05) is 20.7 Å². The lowest BCUT2D eigenvalue weighted by Gasteiger charge is -2.12. The maximum atomic E-state index is 11.2. The molecule has 0 aromatic rings. The van der Waals surface area contributed by atoms with Crippen molar-refractivity contribution in [1.82, 2.24) is 5.06 Å². The molecule has 4 heteroatoms. The van der Waals surface area contributed by atoms with Crippen molar-refractivity contribution in [2.24, 2.45) is 4.99 Å². The minimum atomic E-state index is -0.120. The van der Waals surface area contributed by atoms with Crippen LogP contribution in [0.25, 0.3) is 0 Å². The summed E-state index contributed by atoms with van der Waals surface area (Å²) in [6.45, 7) is 0.776. The SMILES string of the molecule is CON(C)C(=O)C1=NCCC1. The number of hydrogen-bond acceptors (Lipinski definition) is 3. The molecule has 62 valence electrons. The van der Waals surface area contributed by atoms with E-state index in [2.05, 4.69) is 4.99 Å². The van der Waals surface area contributed by atoms with Crippen molar-refractivity contribution in [3.05, 3.63) is 0 Å². The van der Waals surface area contributed by atoms with Crippen molar-refractivity contribution in [2.45, 2.75) is 12.8 Å². The first kappa shape index (κ1) is 8.20. The Morgan fingerprint density at radius 2 is 2.45 bits per heavy atom. The molecule has 1 rings (SSSR count). The number of hydrogen-bond donors (Lipinski definition) is 0. The smallest absolute Gasteiger partial charge is 0.284 e. The average Bonchev–Trinajstić information content (AvgIpc) is 2.53. The van der Waals surface area contributed by atoms with E-state index in [4.69, 9.17) is 4.84 Å². The van der Waals surface area contributed by atoms with Gasteiger partial charge in [-0.05, 0) is 12.8 Å². The van der Waals surface area contributed by atoms with E-state index in [1.807, 2.05) is 0 Å². The number of hydroxylamine groups is 2. The summed E-state index contributed by atoms with van der Waals surface area (Å²) in [6, 6.07) is 0. The van der Waals surface area contributed by atoms with Gasteiger partial charge in [0.15, 0.2) is 0 Å². The molecule has 0 aromatic heterocycles. The van der Waals surface area contributed by atoms with Gasteiger partial charge in [0.25, 0.3) is 5.91 Å². The van der Waals surface area contributed by atoms with Crippen LogP contribution in [0.15, 0.2) is 4.99 Å². The van der Waals surface area contributed by atoms with Crippen LogP contribution in [0.4, 0.5) is 0 Å². The van der Waals surface area contributed by atoms with Crippen LogP contribution in [0.5, 0.6) is 0 Å². The Bertz CT molecular complexity index is 189. The van der Waals surface area contributed by atoms with E-state index < -0.39 is 0 Å². The Balaban J connectivity index is 2.53. The molecule has 0 bridgehead atoms. The number of amides is 1. The zero-order chi connectivity index (χ0) is 8.27. The van der Waals surface area contributed by atoms with E-state index in [9.17, 15) is 4.79 Å². The molecule has 0 unspecified atom stereocenters. The van der Waals surface area contributed by atoms with Crippen LogP contribution in [0, 0.1) is 0 Å². The first-order chi connectivity index (χ1) is 5.25. The van der Waals surface area contributed by atoms with Crippen LogP contribution >= 0.6 is 0 Å². The van der Waals surface area contributed by atoms with Crippen molar-refractivity contribution in [1.29, 1.82) is 0 Å². The summed E-state index contributed by atoms with van der Waals surface area (Å²) in [5.74, 6) is -0.120. The highest BCUT2D eigenvalue weighted by Gasteiger charge is 2.18. The van der Waals surface area contributed by atoms with Crippen molar-refractivity contribution in [3.8, 4) is 0 Å². The molecular weight excluding hydrogens is 144 g/mol. The largest absolute Gasteiger partial charge is 0.291 e. The third kappa shape index (κ3) is 1.77. The first-order valence-electron chi connectivity index (χ1n) is 3.61. The second-order valence-electron chi connectivity index (χ2n) is 2.42. The van der Waals surface area contributed by atoms with Crippen LogP contribution in [-0.2, 0) is 9.63 Å². The summed E-state index contributed by atoms with van der Waals surface area (Å²) < 4.78 is 0. The van der Waals surface area contributed by atoms with Gasteiger partial charge >= 0.3 is 0 Å². The van der Waals surface area contributed by atoms with E-state index in [0.29, 0.717) is 5.71 Å². The number of carbonyl (C=O) groups is 1. The van der Waals surface area contributed by atoms with Gasteiger partial charge in [0.05, 0.1) is 7.11 Å². The number of rotatable bonds is 2. The average molecular weight is 156 g/mol. The molecule has 1 aliphatic rings. The van der Waals surface area contributed by atoms with Gasteiger partial charge in [0.1, 0.15) is 5.71 Å². The molecule has 1 amide bonds. The molecule has 1 aliphatic heterocycles. The van der Waals surface area contributed by atoms with Gasteiger partial charge in [-0.2, -0.15) is 0 Å². The van der Waals surface area contributed by atoms with Gasteiger partial charge in [-0.15, -0.1) is 0 Å². The van der Waals surface area contributed by atoms with Crippen molar-refractivity contribution < 1.29 is 9.63 Å². The maximum Gasteiger partial charge on any atom is 0.291 e. The second-order valence-corrected chi connectivity index (χ2v) is 2.42. The molecule has 11 heavy (non-hydrogen) atoms. The van der Waals surface area contributed by atoms with E-state index in [-0.39, 0.29) is 5.91 Å². The summed E-state index contributed by atoms with van der Waals surface area (Å²) in [5.41, 5.74) is 0.634. The molecule has 0 spiro atoms. The minimum absolute atomic E-state index is 0.120. The maximum absolute atomic E-state index is 11.2. The third-order valence-electron chi connectivity index (χ3n) is 1.68. The van der Waals surface area contributed by atoms with Crippen LogP contribution < -0.4 is 0 Å². The number of aliphatic imine (C=N–C) groups is 1. The van der Waals surface area contributed by atoms with Crippen LogP contribution in [0.2, 0.25) is 0 Å². The van der Waals surface area contributed by atoms with Crippen molar-refractivity contribution >= 4 is 11.6 Å². The molecule has 0 aliphatic carbocycles. The van der Waals surface area contributed by atoms with Gasteiger partial charge in [-0.1, -0.05) is 0 Å². The lowest BCUT2D eigenvalue weighted by molar-refractivity contribution is -0.160. The van der Waals surface area contributed by atoms with E-state index in [0.717, 1.165) is 19.4 Å². The molecule has 0 N–H and O–H groups in total. The predicted molar refractivity (Wildman–Crippen MR) is 41.3 cm³/mol. The lowest BCUT2D eigenvalue weighted by Crippen LogP contribution is -2.31. The van der Waals surface area contributed by atoms with E-state index in [1.54, 1.807) is 7.05 Å². The normalized spacial score (nSPS) is 16.4. The summed E-state index contributed by atoms with van der Waals surface area (Å²) in [4.78, 5) is 20.0. The van der Waals surface area contributed by atoms with Gasteiger partial charge in [-0.3, -0.25) is 14.6 Å². The molecule has 0 radical (unpaired) electrons. The Labute approximate surface area is 65.8 Å². The quantitative estimate of drug-likeness (QED) is 0.537. The number of carbonyl (C=O) groups excluding carboxylic acids is 1. The third-order valence-corrected chi connectivity index (χ3v) is 1.68. The van der Waals surface area contributed by atoms with Gasteiger partial charge in [0.2, 0.25) is 0 Å². The molecule has 0 atom stereocenters. The first-order valence-corrected chi connectivity index (χ1v) is 3.61. The van der Waals surface area contributed by atoms with Crippen LogP contribution in [-0.4, -0.2) is 37.4 Å². The summed E-state index contributed by atoms with van der Waals surface area (Å²) in [5, 5.41) is 1.20. The topological polar surface area (TPSA) is 41.9 Å². The molecule has 0 saturated heterocycles. The second kappa shape index (κ2) is 3.48. The van der Waals surface area contributed by atoms with Gasteiger partial charge in [-0.25, -0.2) is 5.06 Å². The monoisotopic (exact) mass is 156 g/mol. The van der Waals surface area contributed by atoms with Crippen LogP contribution in [0.3, 0.4) is 0 Å². The lowest BCUT2D eigenvalue weighted by atomic mass is 10.2. The molecule has 0 fully saturated rings. The Morgan fingerprint density at radius 3 is 2.91 bits per heavy atom. The highest BCUT2D eigenvalue weighted by Crippen LogP contribution is 2.05. The van der Waals surface area contributed by atoms with Gasteiger partial charge in [0, 0.05) is 13.6 Å². The molecular formula is C7H12N2O2. The number of nitrogens with zero attached hydrogens (tertiary/aromatic N) is 2. The zero-order valence-corrected chi connectivity index (χ0v) is 6.83. The molecule has 0 aromatic carbocycles. The van der Waals surface area contributed by atoms with E-state index >= 15 is 0 Å². The fraction of sp³-hybridized carbons (Fsp3) is 0.714. The Kier molecular flexibility index (Phi) is 2.59. The minimum Gasteiger partial charge on any atom is -0.284 e. The zero-order valence-electron chi connectivity index (χ0n) is 6.83. The van der Waals surface area contributed by atoms with Crippen molar-refractivity contribution in [3.63, 3.8) is 0 Å². The van der Waals surface area contributed by atoms with Gasteiger partial charge < -0.3 is 0 Å². The highest BCUT2D eigenvalue weighted by molar-refractivity contribution is 6.38. The highest BCUT2D eigenvalue weighted by atomic mass is 16.7. The fourth-order valence-corrected chi connectivity index (χ4v) is 0.979. The standard InChI is InChI=1S/C7H12N2O2/c1-9(11-2)7(10)6-4-3-5-8-6/h3-5H2,1-2H3. The van der Waals surface area contributed by atoms with E-state index in [1.165, 1.54) is 12.2 Å². The summed E-state index contributed by atoms with van der Waals surface area (Å²) in [6.07, 6.45) is 1.77. The molecule has 0 saturated carbocycles. The Morgan fingerprint density at radius 1 is 1.73 bits per heavy atom. The fourth-order valence-electron chi connectivity index (χ4n) is 0.979. The molecule has 1 heterocycles. The predicted octanol–water partition coefficient (Wildman–Crippen LogP) is 0.241. The Hall–Kier alpha value is -0.900. The van der Waals surface area contributed by atoms with Crippen LogP contribution in [0.1, 0.15) is 12.8 Å². The molecule has 4 nitrogen and oxygen atoms in total. The summed E-state index contributed by atoms with van der Waals surface area (Å²) in [7, 11) is 3.05. The summed E-state index contributed by atoms with van der Waals surface area (Å²) >= 11 is 0.